The maximum atomic E-state index is 12.1. The van der Waals surface area contributed by atoms with Crippen LogP contribution in [0.1, 0.15) is 78.1 Å². The quantitative estimate of drug-likeness (QED) is 0.592. The third-order valence-electron chi connectivity index (χ3n) is 5.92. The number of allylic oxidation sites excluding steroid dienone is 4. The molecule has 3 aliphatic rings. The van der Waals surface area contributed by atoms with Gasteiger partial charge in [0, 0.05) is 0 Å². The van der Waals surface area contributed by atoms with Crippen LogP contribution in [-0.4, -0.2) is 11.9 Å². The summed E-state index contributed by atoms with van der Waals surface area (Å²) in [4.78, 5) is 24.2. The van der Waals surface area contributed by atoms with E-state index in [-0.39, 0.29) is 16.2 Å². The first-order chi connectivity index (χ1) is 12.0. The minimum atomic E-state index is -3.57. The van der Waals surface area contributed by atoms with Gasteiger partial charge in [0.15, 0.2) is 0 Å². The summed E-state index contributed by atoms with van der Waals surface area (Å²) in [6.07, 6.45) is 9.92. The SMILES string of the molecule is CCC(=O)[O][Ti]([CH3])([O]C(=O)CC)[CH]1CCCC2=C1CC1=C2CCCC1. The molecule has 0 spiro atoms. The van der Waals surface area contributed by atoms with Gasteiger partial charge < -0.3 is 0 Å². The third kappa shape index (κ3) is 3.80. The van der Waals surface area contributed by atoms with Gasteiger partial charge in [-0.3, -0.25) is 0 Å². The van der Waals surface area contributed by atoms with Crippen molar-refractivity contribution in [1.82, 2.24) is 0 Å². The molecule has 4 nitrogen and oxygen atoms in total. The van der Waals surface area contributed by atoms with Crippen LogP contribution < -0.4 is 0 Å². The van der Waals surface area contributed by atoms with Gasteiger partial charge in [-0.15, -0.1) is 0 Å². The van der Waals surface area contributed by atoms with E-state index in [4.69, 9.17) is 6.64 Å². The molecule has 0 aromatic rings. The van der Waals surface area contributed by atoms with Crippen molar-refractivity contribution in [3.63, 3.8) is 0 Å². The Balaban J connectivity index is 1.91. The van der Waals surface area contributed by atoms with E-state index in [1.54, 1.807) is 25.0 Å². The van der Waals surface area contributed by atoms with Crippen LogP contribution >= 0.6 is 0 Å². The molecule has 3 rings (SSSR count). The molecule has 1 unspecified atom stereocenters. The predicted octanol–water partition coefficient (Wildman–Crippen LogP) is 5.47. The van der Waals surface area contributed by atoms with Crippen molar-refractivity contribution in [2.45, 2.75) is 87.5 Å². The Hall–Kier alpha value is -0.866. The Kier molecular flexibility index (Phi) is 5.90. The van der Waals surface area contributed by atoms with Crippen LogP contribution in [0.25, 0.3) is 0 Å². The molecular weight excluding hydrogens is 352 g/mol. The Morgan fingerprint density at radius 2 is 1.56 bits per heavy atom. The van der Waals surface area contributed by atoms with Crippen LogP contribution in [0.3, 0.4) is 0 Å². The number of hydrogen-bond acceptors (Lipinski definition) is 4. The van der Waals surface area contributed by atoms with Crippen LogP contribution in [0.15, 0.2) is 22.3 Å². The number of carbonyl (C=O) groups is 2. The van der Waals surface area contributed by atoms with Gasteiger partial charge in [0.25, 0.3) is 0 Å². The van der Waals surface area contributed by atoms with E-state index in [1.807, 2.05) is 5.23 Å². The van der Waals surface area contributed by atoms with E-state index in [1.165, 1.54) is 36.8 Å². The van der Waals surface area contributed by atoms with Crippen molar-refractivity contribution in [2.24, 2.45) is 0 Å². The molecule has 5 heteroatoms. The van der Waals surface area contributed by atoms with Crippen LogP contribution in [0, 0.1) is 0 Å². The van der Waals surface area contributed by atoms with Gasteiger partial charge in [0.1, 0.15) is 0 Å². The first kappa shape index (κ1) is 18.9. The number of fused-ring (bicyclic) bond motifs is 1. The van der Waals surface area contributed by atoms with E-state index < -0.39 is 17.4 Å². The number of hydrogen-bond donors (Lipinski definition) is 0. The summed E-state index contributed by atoms with van der Waals surface area (Å²) in [6, 6.07) is 0. The van der Waals surface area contributed by atoms with Crippen LogP contribution in [0.2, 0.25) is 9.45 Å². The fraction of sp³-hybridized carbons (Fsp3) is 0.700. The molecule has 25 heavy (non-hydrogen) atoms. The summed E-state index contributed by atoms with van der Waals surface area (Å²) in [5.41, 5.74) is 6.19. The van der Waals surface area contributed by atoms with Gasteiger partial charge in [-0.05, 0) is 0 Å². The Morgan fingerprint density at radius 3 is 2.20 bits per heavy atom. The molecule has 0 saturated heterocycles. The number of carbonyl (C=O) groups excluding carboxylic acids is 2. The molecule has 0 amide bonds. The van der Waals surface area contributed by atoms with Gasteiger partial charge >= 0.3 is 155 Å². The van der Waals surface area contributed by atoms with E-state index >= 15 is 0 Å². The topological polar surface area (TPSA) is 52.6 Å². The Bertz CT molecular complexity index is 614. The second-order valence-electron chi connectivity index (χ2n) is 7.59. The fourth-order valence-corrected chi connectivity index (χ4v) is 9.63. The predicted molar refractivity (Wildman–Crippen MR) is 93.4 cm³/mol. The van der Waals surface area contributed by atoms with Crippen molar-refractivity contribution in [3.8, 4) is 0 Å². The van der Waals surface area contributed by atoms with Gasteiger partial charge in [-0.1, -0.05) is 0 Å². The summed E-state index contributed by atoms with van der Waals surface area (Å²) in [7, 11) is 0. The second kappa shape index (κ2) is 7.79. The van der Waals surface area contributed by atoms with Gasteiger partial charge in [-0.2, -0.15) is 0 Å². The molecule has 0 N–H and O–H groups in total. The second-order valence-corrected chi connectivity index (χ2v) is 12.5. The molecule has 1 atom stereocenters. The summed E-state index contributed by atoms with van der Waals surface area (Å²) in [5.74, 6) is -0.454. The first-order valence-corrected chi connectivity index (χ1v) is 13.6. The first-order valence-electron chi connectivity index (χ1n) is 9.85. The number of rotatable bonds is 5. The zero-order valence-electron chi connectivity index (χ0n) is 15.8. The molecule has 0 heterocycles. The fourth-order valence-electron chi connectivity index (χ4n) is 4.70. The zero-order chi connectivity index (χ0) is 18.0. The summed E-state index contributed by atoms with van der Waals surface area (Å²) < 4.78 is 12.0. The van der Waals surface area contributed by atoms with E-state index in [0.717, 1.165) is 25.7 Å². The molecule has 0 saturated carbocycles. The van der Waals surface area contributed by atoms with E-state index in [2.05, 4.69) is 0 Å². The summed E-state index contributed by atoms with van der Waals surface area (Å²) in [5, 5.41) is 1.97. The van der Waals surface area contributed by atoms with Crippen molar-refractivity contribution in [1.29, 1.82) is 0 Å². The molecule has 0 fully saturated rings. The molecular formula is C20H30O4Ti. The minimum absolute atomic E-state index is 0.167. The Labute approximate surface area is 155 Å². The zero-order valence-corrected chi connectivity index (χ0v) is 17.3. The van der Waals surface area contributed by atoms with Crippen LogP contribution in [0.4, 0.5) is 0 Å². The molecule has 0 aromatic heterocycles. The van der Waals surface area contributed by atoms with E-state index in [0.29, 0.717) is 12.8 Å². The monoisotopic (exact) mass is 382 g/mol. The summed E-state index contributed by atoms with van der Waals surface area (Å²) >= 11 is -3.57. The standard InChI is InChI=1S/C13H17.2C3H6O2.CH3.Ti/c1-3-7-12-10(5-1)9-11-6-2-4-8-13(11)12;2*1-2-3(4)5;;/h5H,1-4,6-9H2;2*2H2,1H3,(H,4,5);1H3;/q;;;;+2/p-2. The van der Waals surface area contributed by atoms with Crippen molar-refractivity contribution in [3.05, 3.63) is 22.3 Å². The summed E-state index contributed by atoms with van der Waals surface area (Å²) in [6.45, 7) is 3.60. The molecule has 0 aromatic carbocycles. The molecule has 0 aliphatic heterocycles. The van der Waals surface area contributed by atoms with Crippen LogP contribution in [0.5, 0.6) is 0 Å². The van der Waals surface area contributed by atoms with Crippen molar-refractivity contribution >= 4 is 11.9 Å². The molecule has 138 valence electrons. The normalized spacial score (nSPS) is 23.2. The third-order valence-corrected chi connectivity index (χ3v) is 10.9. The van der Waals surface area contributed by atoms with E-state index in [9.17, 15) is 9.59 Å². The maximum absolute atomic E-state index is 12.1. The molecule has 0 bridgehead atoms. The average Bonchev–Trinajstić information content (AvgIpc) is 2.99. The van der Waals surface area contributed by atoms with Gasteiger partial charge in [0.2, 0.25) is 0 Å². The van der Waals surface area contributed by atoms with Gasteiger partial charge in [0.05, 0.1) is 0 Å². The van der Waals surface area contributed by atoms with Crippen LogP contribution in [-0.2, 0) is 33.6 Å². The molecule has 3 aliphatic carbocycles. The molecule has 0 radical (unpaired) electrons. The average molecular weight is 382 g/mol. The van der Waals surface area contributed by atoms with Crippen molar-refractivity contribution < 1.29 is 33.6 Å². The Morgan fingerprint density at radius 1 is 0.960 bits per heavy atom. The van der Waals surface area contributed by atoms with Gasteiger partial charge in [-0.25, -0.2) is 0 Å². The van der Waals surface area contributed by atoms with Crippen molar-refractivity contribution in [2.75, 3.05) is 0 Å².